The third-order valence-corrected chi connectivity index (χ3v) is 2.19. The number of allylic oxidation sites excluding steroid dienone is 1. The van der Waals surface area contributed by atoms with E-state index in [1.165, 1.54) is 0 Å². The fourth-order valence-electron chi connectivity index (χ4n) is 1.47. The Bertz CT molecular complexity index is 485. The molecule has 0 saturated carbocycles. The highest BCUT2D eigenvalue weighted by molar-refractivity contribution is 5.67. The Morgan fingerprint density at radius 3 is 2.63 bits per heavy atom. The highest BCUT2D eigenvalue weighted by Crippen LogP contribution is 2.13. The van der Waals surface area contributed by atoms with Gasteiger partial charge in [-0.15, -0.1) is 0 Å². The smallest absolute Gasteiger partial charge is 0.441 e. The van der Waals surface area contributed by atoms with E-state index in [-0.39, 0.29) is 0 Å². The van der Waals surface area contributed by atoms with Crippen molar-refractivity contribution in [3.63, 3.8) is 0 Å². The van der Waals surface area contributed by atoms with Gasteiger partial charge in [0.05, 0.1) is 6.54 Å². The maximum Gasteiger partial charge on any atom is 0.452 e. The maximum atomic E-state index is 11.4. The van der Waals surface area contributed by atoms with Gasteiger partial charge in [-0.3, -0.25) is 0 Å². The van der Waals surface area contributed by atoms with Crippen molar-refractivity contribution < 1.29 is 9.53 Å². The quantitative estimate of drug-likeness (QED) is 0.745. The third kappa shape index (κ3) is 5.95. The standard InChI is InChI=1S/C15H20N2O2/c1-5-8-12-9-6-7-10-13(12)11-16-17-14(18)19-15(2,3)4/h5-10H,11H2,1-4H3/b8-5-,17-16?. The second-order valence-electron chi connectivity index (χ2n) is 5.08. The number of hydrogen-bond donors (Lipinski definition) is 0. The van der Waals surface area contributed by atoms with Gasteiger partial charge in [0.15, 0.2) is 0 Å². The van der Waals surface area contributed by atoms with Gasteiger partial charge in [-0.25, -0.2) is 4.79 Å². The Kier molecular flexibility index (Phi) is 5.42. The van der Waals surface area contributed by atoms with Gasteiger partial charge in [0, 0.05) is 0 Å². The lowest BCUT2D eigenvalue weighted by atomic mass is 10.1. The highest BCUT2D eigenvalue weighted by atomic mass is 16.6. The molecule has 1 aromatic rings. The normalized spacial score (nSPS) is 12.2. The van der Waals surface area contributed by atoms with Crippen molar-refractivity contribution in [3.05, 3.63) is 41.5 Å². The van der Waals surface area contributed by atoms with Crippen LogP contribution in [0, 0.1) is 0 Å². The molecule has 0 bridgehead atoms. The number of carbonyl (C=O) groups is 1. The van der Waals surface area contributed by atoms with Crippen molar-refractivity contribution in [1.29, 1.82) is 0 Å². The molecule has 0 aromatic heterocycles. The SMILES string of the molecule is C/C=C\c1ccccc1CN=NC(=O)OC(C)(C)C. The Morgan fingerprint density at radius 2 is 2.00 bits per heavy atom. The molecule has 0 aliphatic heterocycles. The molecule has 1 amide bonds. The summed E-state index contributed by atoms with van der Waals surface area (Å²) in [5.74, 6) is 0. The van der Waals surface area contributed by atoms with Crippen LogP contribution in [0.5, 0.6) is 0 Å². The fourth-order valence-corrected chi connectivity index (χ4v) is 1.47. The second-order valence-corrected chi connectivity index (χ2v) is 5.08. The summed E-state index contributed by atoms with van der Waals surface area (Å²) in [4.78, 5) is 11.4. The van der Waals surface area contributed by atoms with Crippen LogP contribution >= 0.6 is 0 Å². The minimum atomic E-state index is -0.656. The summed E-state index contributed by atoms with van der Waals surface area (Å²) in [6.45, 7) is 7.70. The Morgan fingerprint density at radius 1 is 1.32 bits per heavy atom. The summed E-state index contributed by atoms with van der Waals surface area (Å²) in [6.07, 6.45) is 3.30. The van der Waals surface area contributed by atoms with Crippen LogP contribution in [0.25, 0.3) is 6.08 Å². The van der Waals surface area contributed by atoms with E-state index in [1.54, 1.807) is 20.8 Å². The molecule has 1 rings (SSSR count). The van der Waals surface area contributed by atoms with Crippen molar-refractivity contribution in [2.75, 3.05) is 0 Å². The molecule has 0 unspecified atom stereocenters. The lowest BCUT2D eigenvalue weighted by Crippen LogP contribution is -2.21. The van der Waals surface area contributed by atoms with Crippen molar-refractivity contribution in [2.24, 2.45) is 10.2 Å². The topological polar surface area (TPSA) is 51.0 Å². The van der Waals surface area contributed by atoms with E-state index in [0.717, 1.165) is 11.1 Å². The number of rotatable bonds is 3. The van der Waals surface area contributed by atoms with Gasteiger partial charge in [-0.2, -0.15) is 5.11 Å². The van der Waals surface area contributed by atoms with Crippen LogP contribution in [0.15, 0.2) is 40.6 Å². The van der Waals surface area contributed by atoms with Crippen LogP contribution in [0.3, 0.4) is 0 Å². The molecule has 19 heavy (non-hydrogen) atoms. The molecule has 0 aliphatic rings. The van der Waals surface area contributed by atoms with E-state index in [1.807, 2.05) is 43.3 Å². The first-order valence-corrected chi connectivity index (χ1v) is 6.23. The molecule has 4 heteroatoms. The average molecular weight is 260 g/mol. The van der Waals surface area contributed by atoms with Gasteiger partial charge in [-0.05, 0) is 38.8 Å². The minimum Gasteiger partial charge on any atom is -0.441 e. The van der Waals surface area contributed by atoms with E-state index in [9.17, 15) is 4.79 Å². The predicted octanol–water partition coefficient (Wildman–Crippen LogP) is 4.61. The number of amides is 1. The molecule has 0 N–H and O–H groups in total. The van der Waals surface area contributed by atoms with Crippen LogP contribution < -0.4 is 0 Å². The van der Waals surface area contributed by atoms with Gasteiger partial charge >= 0.3 is 6.09 Å². The number of ether oxygens (including phenoxy) is 1. The van der Waals surface area contributed by atoms with Crippen molar-refractivity contribution in [1.82, 2.24) is 0 Å². The van der Waals surface area contributed by atoms with Crippen molar-refractivity contribution >= 4 is 12.2 Å². The predicted molar refractivity (Wildman–Crippen MR) is 75.9 cm³/mol. The van der Waals surface area contributed by atoms with Crippen LogP contribution in [-0.2, 0) is 11.3 Å². The third-order valence-electron chi connectivity index (χ3n) is 2.19. The molecule has 0 heterocycles. The number of benzene rings is 1. The Hall–Kier alpha value is -1.97. The second kappa shape index (κ2) is 6.83. The summed E-state index contributed by atoms with van der Waals surface area (Å²) >= 11 is 0. The molecular weight excluding hydrogens is 240 g/mol. The zero-order valence-electron chi connectivity index (χ0n) is 11.9. The van der Waals surface area contributed by atoms with E-state index in [2.05, 4.69) is 10.2 Å². The molecular formula is C15H20N2O2. The number of carbonyl (C=O) groups excluding carboxylic acids is 1. The van der Waals surface area contributed by atoms with Crippen molar-refractivity contribution in [3.8, 4) is 0 Å². The molecule has 4 nitrogen and oxygen atoms in total. The first-order valence-electron chi connectivity index (χ1n) is 6.23. The van der Waals surface area contributed by atoms with E-state index < -0.39 is 11.7 Å². The van der Waals surface area contributed by atoms with E-state index >= 15 is 0 Å². The summed E-state index contributed by atoms with van der Waals surface area (Å²) < 4.78 is 5.04. The molecule has 0 aliphatic carbocycles. The number of hydrogen-bond acceptors (Lipinski definition) is 3. The maximum absolute atomic E-state index is 11.4. The highest BCUT2D eigenvalue weighted by Gasteiger charge is 2.15. The molecule has 102 valence electrons. The van der Waals surface area contributed by atoms with Gasteiger partial charge in [0.2, 0.25) is 0 Å². The lowest BCUT2D eigenvalue weighted by molar-refractivity contribution is 0.0589. The first kappa shape index (κ1) is 15.1. The van der Waals surface area contributed by atoms with Gasteiger partial charge < -0.3 is 4.74 Å². The zero-order chi connectivity index (χ0) is 14.3. The number of nitrogens with zero attached hydrogens (tertiary/aromatic N) is 2. The average Bonchev–Trinajstić information content (AvgIpc) is 2.29. The lowest BCUT2D eigenvalue weighted by Gasteiger charge is -2.16. The van der Waals surface area contributed by atoms with Crippen LogP contribution in [0.1, 0.15) is 38.8 Å². The zero-order valence-corrected chi connectivity index (χ0v) is 11.9. The van der Waals surface area contributed by atoms with Crippen LogP contribution in [0.4, 0.5) is 4.79 Å². The molecule has 1 aromatic carbocycles. The monoisotopic (exact) mass is 260 g/mol. The molecule has 0 atom stereocenters. The summed E-state index contributed by atoms with van der Waals surface area (Å²) in [6, 6.07) is 7.86. The molecule has 0 saturated heterocycles. The largest absolute Gasteiger partial charge is 0.452 e. The van der Waals surface area contributed by atoms with Crippen molar-refractivity contribution in [2.45, 2.75) is 39.8 Å². The van der Waals surface area contributed by atoms with E-state index in [0.29, 0.717) is 6.54 Å². The first-order chi connectivity index (χ1) is 8.92. The number of azo groups is 1. The van der Waals surface area contributed by atoms with Gasteiger partial charge in [0.25, 0.3) is 0 Å². The summed E-state index contributed by atoms with van der Waals surface area (Å²) in [5.41, 5.74) is 1.56. The van der Waals surface area contributed by atoms with Gasteiger partial charge in [-0.1, -0.05) is 41.5 Å². The van der Waals surface area contributed by atoms with Crippen LogP contribution in [0.2, 0.25) is 0 Å². The van der Waals surface area contributed by atoms with Gasteiger partial charge in [0.1, 0.15) is 5.60 Å². The minimum absolute atomic E-state index is 0.361. The Balaban J connectivity index is 2.64. The molecule has 0 fully saturated rings. The molecule has 0 radical (unpaired) electrons. The summed E-state index contributed by atoms with van der Waals surface area (Å²) in [5, 5.41) is 7.43. The van der Waals surface area contributed by atoms with E-state index in [4.69, 9.17) is 4.74 Å². The Labute approximate surface area is 114 Å². The molecule has 0 spiro atoms. The fraction of sp³-hybridized carbons (Fsp3) is 0.400. The summed E-state index contributed by atoms with van der Waals surface area (Å²) in [7, 11) is 0. The van der Waals surface area contributed by atoms with Crippen LogP contribution in [-0.4, -0.2) is 11.7 Å².